The molecule has 1 N–H and O–H groups in total. The number of hydrogen-bond acceptors (Lipinski definition) is 4. The van der Waals surface area contributed by atoms with Crippen LogP contribution in [-0.4, -0.2) is 29.7 Å². The van der Waals surface area contributed by atoms with E-state index in [-0.39, 0.29) is 0 Å². The predicted octanol–water partition coefficient (Wildman–Crippen LogP) is 3.93. The monoisotopic (exact) mass is 322 g/mol. The van der Waals surface area contributed by atoms with Gasteiger partial charge in [-0.05, 0) is 31.2 Å². The third-order valence-corrected chi connectivity index (χ3v) is 3.59. The fraction of sp³-hybridized carbons (Fsp3) is 0.158. The molecule has 0 spiro atoms. The highest BCUT2D eigenvalue weighted by Gasteiger charge is 2.20. The van der Waals surface area contributed by atoms with Gasteiger partial charge in [0.1, 0.15) is 17.3 Å². The Hall–Kier alpha value is -3.08. The first kappa shape index (κ1) is 15.8. The minimum absolute atomic E-state index is 0.309. The lowest BCUT2D eigenvalue weighted by Crippen LogP contribution is -2.06. The molecule has 0 aliphatic rings. The Balaban J connectivity index is 2.06. The van der Waals surface area contributed by atoms with Gasteiger partial charge in [-0.2, -0.15) is 0 Å². The molecule has 5 heteroatoms. The van der Waals surface area contributed by atoms with Crippen LogP contribution in [-0.2, 0) is 4.74 Å². The maximum atomic E-state index is 12.3. The van der Waals surface area contributed by atoms with Crippen LogP contribution < -0.4 is 4.74 Å². The van der Waals surface area contributed by atoms with E-state index in [0.29, 0.717) is 23.8 Å². The van der Waals surface area contributed by atoms with E-state index in [0.717, 1.165) is 16.9 Å². The first-order valence-corrected chi connectivity index (χ1v) is 7.70. The Morgan fingerprint density at radius 3 is 2.38 bits per heavy atom. The van der Waals surface area contributed by atoms with Crippen molar-refractivity contribution < 1.29 is 14.3 Å². The van der Waals surface area contributed by atoms with Crippen LogP contribution in [0.4, 0.5) is 0 Å². The summed E-state index contributed by atoms with van der Waals surface area (Å²) < 4.78 is 10.3. The Morgan fingerprint density at radius 1 is 1.04 bits per heavy atom. The van der Waals surface area contributed by atoms with Crippen LogP contribution in [0.1, 0.15) is 17.4 Å². The Morgan fingerprint density at radius 2 is 1.75 bits per heavy atom. The van der Waals surface area contributed by atoms with E-state index < -0.39 is 5.97 Å². The second-order valence-electron chi connectivity index (χ2n) is 5.12. The average molecular weight is 322 g/mol. The van der Waals surface area contributed by atoms with E-state index in [2.05, 4.69) is 9.97 Å². The van der Waals surface area contributed by atoms with Gasteiger partial charge in [-0.15, -0.1) is 0 Å². The topological polar surface area (TPSA) is 64.2 Å². The lowest BCUT2D eigenvalue weighted by atomic mass is 10.1. The van der Waals surface area contributed by atoms with Gasteiger partial charge in [-0.1, -0.05) is 30.3 Å². The van der Waals surface area contributed by atoms with E-state index in [4.69, 9.17) is 9.47 Å². The van der Waals surface area contributed by atoms with Crippen molar-refractivity contribution in [2.45, 2.75) is 6.92 Å². The molecule has 122 valence electrons. The van der Waals surface area contributed by atoms with Crippen molar-refractivity contribution in [1.29, 1.82) is 0 Å². The van der Waals surface area contributed by atoms with E-state index in [1.165, 1.54) is 0 Å². The second kappa shape index (κ2) is 7.00. The molecule has 0 bridgehead atoms. The van der Waals surface area contributed by atoms with Crippen LogP contribution in [0.3, 0.4) is 0 Å². The highest BCUT2D eigenvalue weighted by molar-refractivity contribution is 5.95. The van der Waals surface area contributed by atoms with Crippen LogP contribution in [0.15, 0.2) is 54.6 Å². The van der Waals surface area contributed by atoms with Gasteiger partial charge in [0.2, 0.25) is 0 Å². The summed E-state index contributed by atoms with van der Waals surface area (Å²) in [4.78, 5) is 20.0. The molecule has 0 aliphatic heterocycles. The molecular formula is C19H18N2O3. The first-order valence-electron chi connectivity index (χ1n) is 7.70. The molecule has 0 saturated heterocycles. The SMILES string of the molecule is CCOC(=O)c1[nH]c(-c2ccc(OC)cc2)nc1-c1ccccc1. The third kappa shape index (κ3) is 3.15. The highest BCUT2D eigenvalue weighted by Crippen LogP contribution is 2.27. The quantitative estimate of drug-likeness (QED) is 0.723. The predicted molar refractivity (Wildman–Crippen MR) is 92.0 cm³/mol. The highest BCUT2D eigenvalue weighted by atomic mass is 16.5. The van der Waals surface area contributed by atoms with E-state index >= 15 is 0 Å². The molecule has 0 saturated carbocycles. The van der Waals surface area contributed by atoms with Gasteiger partial charge in [0.05, 0.1) is 13.7 Å². The number of benzene rings is 2. The van der Waals surface area contributed by atoms with Crippen LogP contribution >= 0.6 is 0 Å². The zero-order valence-corrected chi connectivity index (χ0v) is 13.6. The molecule has 3 aromatic rings. The molecule has 0 amide bonds. The summed E-state index contributed by atoms with van der Waals surface area (Å²) in [6.07, 6.45) is 0. The summed E-state index contributed by atoms with van der Waals surface area (Å²) in [5.74, 6) is 0.961. The number of carbonyl (C=O) groups excluding carboxylic acids is 1. The van der Waals surface area contributed by atoms with Crippen molar-refractivity contribution in [1.82, 2.24) is 9.97 Å². The van der Waals surface area contributed by atoms with Crippen molar-refractivity contribution in [3.63, 3.8) is 0 Å². The number of nitrogens with zero attached hydrogens (tertiary/aromatic N) is 1. The van der Waals surface area contributed by atoms with Gasteiger partial charge in [-0.25, -0.2) is 9.78 Å². The molecular weight excluding hydrogens is 304 g/mol. The molecule has 5 nitrogen and oxygen atoms in total. The van der Waals surface area contributed by atoms with E-state index in [1.54, 1.807) is 14.0 Å². The maximum Gasteiger partial charge on any atom is 0.357 e. The van der Waals surface area contributed by atoms with Crippen molar-refractivity contribution in [2.24, 2.45) is 0 Å². The van der Waals surface area contributed by atoms with Crippen molar-refractivity contribution in [3.8, 4) is 28.4 Å². The molecule has 0 aliphatic carbocycles. The standard InChI is InChI=1S/C19H18N2O3/c1-3-24-19(22)17-16(13-7-5-4-6-8-13)20-18(21-17)14-9-11-15(23-2)12-10-14/h4-12H,3H2,1-2H3,(H,20,21). The summed E-state index contributed by atoms with van der Waals surface area (Å²) in [6, 6.07) is 17.0. The normalized spacial score (nSPS) is 10.4. The maximum absolute atomic E-state index is 12.3. The van der Waals surface area contributed by atoms with Gasteiger partial charge in [0.15, 0.2) is 5.69 Å². The van der Waals surface area contributed by atoms with Crippen molar-refractivity contribution >= 4 is 5.97 Å². The van der Waals surface area contributed by atoms with Gasteiger partial charge in [0.25, 0.3) is 0 Å². The third-order valence-electron chi connectivity index (χ3n) is 3.59. The molecule has 0 radical (unpaired) electrons. The number of imidazole rings is 1. The lowest BCUT2D eigenvalue weighted by molar-refractivity contribution is 0.0521. The summed E-state index contributed by atoms with van der Waals surface area (Å²) in [5.41, 5.74) is 2.66. The Kier molecular flexibility index (Phi) is 4.61. The largest absolute Gasteiger partial charge is 0.497 e. The molecule has 0 unspecified atom stereocenters. The molecule has 1 aromatic heterocycles. The number of carbonyl (C=O) groups is 1. The van der Waals surface area contributed by atoms with E-state index in [1.807, 2.05) is 54.6 Å². The molecule has 0 atom stereocenters. The number of nitrogens with one attached hydrogen (secondary N) is 1. The zero-order valence-electron chi connectivity index (χ0n) is 13.6. The number of aromatic amines is 1. The van der Waals surface area contributed by atoms with Crippen molar-refractivity contribution in [3.05, 3.63) is 60.3 Å². The summed E-state index contributed by atoms with van der Waals surface area (Å²) in [6.45, 7) is 2.09. The van der Waals surface area contributed by atoms with Crippen LogP contribution in [0, 0.1) is 0 Å². The van der Waals surface area contributed by atoms with Crippen LogP contribution in [0.5, 0.6) is 5.75 Å². The molecule has 2 aromatic carbocycles. The van der Waals surface area contributed by atoms with Gasteiger partial charge < -0.3 is 14.5 Å². The number of esters is 1. The average Bonchev–Trinajstić information content (AvgIpc) is 3.08. The minimum Gasteiger partial charge on any atom is -0.497 e. The van der Waals surface area contributed by atoms with E-state index in [9.17, 15) is 4.79 Å². The minimum atomic E-state index is -0.413. The van der Waals surface area contributed by atoms with Crippen LogP contribution in [0.2, 0.25) is 0 Å². The molecule has 1 heterocycles. The summed E-state index contributed by atoms with van der Waals surface area (Å²) in [5, 5.41) is 0. The summed E-state index contributed by atoms with van der Waals surface area (Å²) in [7, 11) is 1.62. The number of methoxy groups -OCH3 is 1. The Labute approximate surface area is 140 Å². The smallest absolute Gasteiger partial charge is 0.357 e. The number of H-pyrrole nitrogens is 1. The second-order valence-corrected chi connectivity index (χ2v) is 5.12. The summed E-state index contributed by atoms with van der Waals surface area (Å²) >= 11 is 0. The van der Waals surface area contributed by atoms with Gasteiger partial charge in [-0.3, -0.25) is 0 Å². The molecule has 24 heavy (non-hydrogen) atoms. The number of rotatable bonds is 5. The Bertz CT molecular complexity index is 824. The zero-order chi connectivity index (χ0) is 16.9. The number of aromatic nitrogens is 2. The fourth-order valence-electron chi connectivity index (χ4n) is 2.41. The van der Waals surface area contributed by atoms with Crippen molar-refractivity contribution in [2.75, 3.05) is 13.7 Å². The number of hydrogen-bond donors (Lipinski definition) is 1. The first-order chi connectivity index (χ1) is 11.7. The lowest BCUT2D eigenvalue weighted by Gasteiger charge is -2.02. The fourth-order valence-corrected chi connectivity index (χ4v) is 2.41. The van der Waals surface area contributed by atoms with Gasteiger partial charge >= 0.3 is 5.97 Å². The molecule has 3 rings (SSSR count). The number of ether oxygens (including phenoxy) is 2. The molecule has 0 fully saturated rings. The van der Waals surface area contributed by atoms with Crippen LogP contribution in [0.25, 0.3) is 22.6 Å². The van der Waals surface area contributed by atoms with Gasteiger partial charge in [0, 0.05) is 11.1 Å².